The Balaban J connectivity index is 2.67. The van der Waals surface area contributed by atoms with E-state index in [4.69, 9.17) is 0 Å². The molecule has 0 spiro atoms. The van der Waals surface area contributed by atoms with E-state index in [0.29, 0.717) is 12.1 Å². The predicted octanol–water partition coefficient (Wildman–Crippen LogP) is 3.31. The molecule has 0 aromatic heterocycles. The molecule has 2 unspecified atom stereocenters. The molecule has 18 heavy (non-hydrogen) atoms. The highest BCUT2D eigenvalue weighted by molar-refractivity contribution is 5.19. The van der Waals surface area contributed by atoms with Crippen LogP contribution in [0.5, 0.6) is 0 Å². The molecule has 0 aliphatic rings. The maximum atomic E-state index is 3.75. The number of nitrogens with zero attached hydrogens (tertiary/aromatic N) is 1. The molecule has 0 aliphatic carbocycles. The summed E-state index contributed by atoms with van der Waals surface area (Å²) >= 11 is 0. The van der Waals surface area contributed by atoms with Crippen molar-refractivity contribution in [3.05, 3.63) is 35.9 Å². The Kier molecular flexibility index (Phi) is 6.37. The fourth-order valence-electron chi connectivity index (χ4n) is 2.42. The third-order valence-electron chi connectivity index (χ3n) is 3.06. The largest absolute Gasteiger partial charge is 0.308 e. The first-order chi connectivity index (χ1) is 8.49. The van der Waals surface area contributed by atoms with Gasteiger partial charge in [0, 0.05) is 18.6 Å². The zero-order valence-corrected chi connectivity index (χ0v) is 12.5. The number of hydrogen-bond donors (Lipinski definition) is 1. The highest BCUT2D eigenvalue weighted by atomic mass is 15.1. The van der Waals surface area contributed by atoms with Gasteiger partial charge >= 0.3 is 0 Å². The van der Waals surface area contributed by atoms with Crippen molar-refractivity contribution in [2.75, 3.05) is 20.6 Å². The van der Waals surface area contributed by atoms with Crippen LogP contribution in [0.25, 0.3) is 0 Å². The lowest BCUT2D eigenvalue weighted by Gasteiger charge is -2.27. The van der Waals surface area contributed by atoms with Crippen molar-refractivity contribution in [3.63, 3.8) is 0 Å². The van der Waals surface area contributed by atoms with Gasteiger partial charge in [-0.25, -0.2) is 0 Å². The summed E-state index contributed by atoms with van der Waals surface area (Å²) in [5.74, 6) is 0.739. The summed E-state index contributed by atoms with van der Waals surface area (Å²) in [6.45, 7) is 7.88. The topological polar surface area (TPSA) is 15.3 Å². The lowest BCUT2D eigenvalue weighted by molar-refractivity contribution is 0.309. The summed E-state index contributed by atoms with van der Waals surface area (Å²) in [4.78, 5) is 2.24. The molecule has 0 saturated carbocycles. The van der Waals surface area contributed by atoms with Gasteiger partial charge in [-0.1, -0.05) is 44.2 Å². The summed E-state index contributed by atoms with van der Waals surface area (Å²) in [5, 5.41) is 3.75. The molecule has 2 heteroatoms. The van der Waals surface area contributed by atoms with E-state index in [1.807, 2.05) is 0 Å². The van der Waals surface area contributed by atoms with Gasteiger partial charge in [0.15, 0.2) is 0 Å². The number of benzene rings is 1. The molecule has 102 valence electrons. The summed E-state index contributed by atoms with van der Waals surface area (Å²) < 4.78 is 0. The van der Waals surface area contributed by atoms with Crippen LogP contribution < -0.4 is 5.32 Å². The van der Waals surface area contributed by atoms with E-state index in [-0.39, 0.29) is 0 Å². The van der Waals surface area contributed by atoms with Crippen LogP contribution in [0.15, 0.2) is 30.3 Å². The second kappa shape index (κ2) is 7.55. The second-order valence-corrected chi connectivity index (χ2v) is 5.92. The third kappa shape index (κ3) is 5.65. The van der Waals surface area contributed by atoms with Gasteiger partial charge < -0.3 is 10.2 Å². The van der Waals surface area contributed by atoms with Crippen LogP contribution in [0.1, 0.15) is 38.8 Å². The van der Waals surface area contributed by atoms with E-state index < -0.39 is 0 Å². The molecule has 2 atom stereocenters. The minimum absolute atomic E-state index is 0.412. The van der Waals surface area contributed by atoms with Crippen molar-refractivity contribution < 1.29 is 0 Å². The molecule has 0 radical (unpaired) electrons. The number of hydrogen-bond acceptors (Lipinski definition) is 2. The Morgan fingerprint density at radius 2 is 1.67 bits per heavy atom. The van der Waals surface area contributed by atoms with Crippen molar-refractivity contribution in [3.8, 4) is 0 Å². The Morgan fingerprint density at radius 1 is 1.06 bits per heavy atom. The normalized spacial score (nSPS) is 15.1. The molecule has 0 aliphatic heterocycles. The van der Waals surface area contributed by atoms with Crippen LogP contribution in [0.2, 0.25) is 0 Å². The monoisotopic (exact) mass is 248 g/mol. The van der Waals surface area contributed by atoms with Gasteiger partial charge in [0.1, 0.15) is 0 Å². The Labute approximate surface area is 112 Å². The van der Waals surface area contributed by atoms with E-state index in [0.717, 1.165) is 12.5 Å². The number of rotatable bonds is 7. The molecule has 0 saturated heterocycles. The highest BCUT2D eigenvalue weighted by Crippen LogP contribution is 2.16. The van der Waals surface area contributed by atoms with E-state index in [1.165, 1.54) is 12.0 Å². The first-order valence-electron chi connectivity index (χ1n) is 6.94. The van der Waals surface area contributed by atoms with E-state index in [2.05, 4.69) is 75.4 Å². The van der Waals surface area contributed by atoms with Crippen LogP contribution in [-0.4, -0.2) is 31.6 Å². The van der Waals surface area contributed by atoms with Gasteiger partial charge in [0.25, 0.3) is 0 Å². The van der Waals surface area contributed by atoms with E-state index >= 15 is 0 Å². The highest BCUT2D eigenvalue weighted by Gasteiger charge is 2.15. The zero-order chi connectivity index (χ0) is 13.5. The van der Waals surface area contributed by atoms with Crippen LogP contribution in [0.4, 0.5) is 0 Å². The Hall–Kier alpha value is -0.860. The van der Waals surface area contributed by atoms with Gasteiger partial charge in [-0.2, -0.15) is 0 Å². The van der Waals surface area contributed by atoms with Gasteiger partial charge in [-0.05, 0) is 38.9 Å². The van der Waals surface area contributed by atoms with E-state index in [1.54, 1.807) is 0 Å². The Morgan fingerprint density at radius 3 is 2.17 bits per heavy atom. The molecule has 1 rings (SSSR count). The van der Waals surface area contributed by atoms with Gasteiger partial charge in [-0.15, -0.1) is 0 Å². The molecule has 1 N–H and O–H groups in total. The molecular weight excluding hydrogens is 220 g/mol. The number of nitrogens with one attached hydrogen (secondary N) is 1. The summed E-state index contributed by atoms with van der Waals surface area (Å²) in [6, 6.07) is 11.7. The average molecular weight is 248 g/mol. The van der Waals surface area contributed by atoms with Crippen LogP contribution in [-0.2, 0) is 0 Å². The van der Waals surface area contributed by atoms with Gasteiger partial charge in [-0.3, -0.25) is 0 Å². The summed E-state index contributed by atoms with van der Waals surface area (Å²) in [6.07, 6.45) is 1.22. The summed E-state index contributed by atoms with van der Waals surface area (Å²) in [5.41, 5.74) is 1.38. The van der Waals surface area contributed by atoms with Crippen molar-refractivity contribution >= 4 is 0 Å². The van der Waals surface area contributed by atoms with Gasteiger partial charge in [0.2, 0.25) is 0 Å². The fraction of sp³-hybridized carbons (Fsp3) is 0.625. The predicted molar refractivity (Wildman–Crippen MR) is 79.8 cm³/mol. The lowest BCUT2D eigenvalue weighted by atomic mass is 10.0. The summed E-state index contributed by atoms with van der Waals surface area (Å²) in [7, 11) is 4.26. The van der Waals surface area contributed by atoms with Crippen molar-refractivity contribution in [1.82, 2.24) is 10.2 Å². The molecule has 0 amide bonds. The lowest BCUT2D eigenvalue weighted by Crippen LogP contribution is -2.37. The molecule has 0 heterocycles. The van der Waals surface area contributed by atoms with Gasteiger partial charge in [0.05, 0.1) is 0 Å². The zero-order valence-electron chi connectivity index (χ0n) is 12.5. The van der Waals surface area contributed by atoms with Crippen molar-refractivity contribution in [2.45, 2.75) is 39.3 Å². The smallest absolute Gasteiger partial charge is 0.0451 e. The van der Waals surface area contributed by atoms with Crippen molar-refractivity contribution in [1.29, 1.82) is 0 Å². The van der Waals surface area contributed by atoms with Crippen LogP contribution >= 0.6 is 0 Å². The SMILES string of the molecule is CC(C)CC(C)NC(CN(C)C)c1ccccc1. The fourth-order valence-corrected chi connectivity index (χ4v) is 2.42. The molecule has 0 fully saturated rings. The maximum Gasteiger partial charge on any atom is 0.0451 e. The second-order valence-electron chi connectivity index (χ2n) is 5.92. The minimum atomic E-state index is 0.412. The first kappa shape index (κ1) is 15.2. The first-order valence-corrected chi connectivity index (χ1v) is 6.94. The molecular formula is C16H28N2. The minimum Gasteiger partial charge on any atom is -0.308 e. The number of likely N-dealkylation sites (N-methyl/N-ethyl adjacent to an activating group) is 1. The molecule has 1 aromatic rings. The maximum absolute atomic E-state index is 3.75. The Bertz CT molecular complexity index is 319. The quantitative estimate of drug-likeness (QED) is 0.796. The van der Waals surface area contributed by atoms with Crippen LogP contribution in [0.3, 0.4) is 0 Å². The van der Waals surface area contributed by atoms with E-state index in [9.17, 15) is 0 Å². The molecule has 2 nitrogen and oxygen atoms in total. The standard InChI is InChI=1S/C16H28N2/c1-13(2)11-14(3)17-16(12-18(4)5)15-9-7-6-8-10-15/h6-10,13-14,16-17H,11-12H2,1-5H3. The van der Waals surface area contributed by atoms with Crippen LogP contribution in [0, 0.1) is 5.92 Å². The molecule has 0 bridgehead atoms. The third-order valence-corrected chi connectivity index (χ3v) is 3.06. The average Bonchev–Trinajstić information content (AvgIpc) is 2.27. The molecule has 1 aromatic carbocycles. The van der Waals surface area contributed by atoms with Crippen molar-refractivity contribution in [2.24, 2.45) is 5.92 Å².